The first-order valence-electron chi connectivity index (χ1n) is 5.61. The van der Waals surface area contributed by atoms with Crippen LogP contribution in [0, 0.1) is 0 Å². The van der Waals surface area contributed by atoms with E-state index in [2.05, 4.69) is 0 Å². The van der Waals surface area contributed by atoms with Crippen LogP contribution in [0.25, 0.3) is 0 Å². The van der Waals surface area contributed by atoms with E-state index in [0.29, 0.717) is 16.7 Å². The summed E-state index contributed by atoms with van der Waals surface area (Å²) in [5.41, 5.74) is -0.203. The molecule has 2 N–H and O–H groups in total. The fourth-order valence-electron chi connectivity index (χ4n) is 1.25. The van der Waals surface area contributed by atoms with E-state index in [9.17, 15) is 14.2 Å². The lowest BCUT2D eigenvalue weighted by molar-refractivity contribution is -0.867. The predicted molar refractivity (Wildman–Crippen MR) is 69.6 cm³/mol. The van der Waals surface area contributed by atoms with E-state index in [1.54, 1.807) is 0 Å². The number of carbonyl (C=O) groups is 2. The molecule has 7 heteroatoms. The molecule has 104 valence electrons. The quantitative estimate of drug-likeness (QED) is 0.388. The summed E-state index contributed by atoms with van der Waals surface area (Å²) in [6, 6.07) is 0. The van der Waals surface area contributed by atoms with Gasteiger partial charge in [-0.15, -0.1) is 0 Å². The number of quaternary nitrogens is 1. The van der Waals surface area contributed by atoms with E-state index in [0.717, 1.165) is 6.54 Å². The number of aliphatic carboxylic acids is 2. The Hall–Kier alpha value is -1.13. The first-order chi connectivity index (χ1) is 8.11. The minimum Gasteiger partial charge on any atom is -0.478 e. The third-order valence-corrected chi connectivity index (χ3v) is 3.90. The standard InChI is InChI=1S/C11H20NO5P/c1-12(2,3)5-7-18(17)6-4-9(11(15)16)8-10(13)14/h8,18H,4-7H2,1-3H3,(H-,13,14,15,16)/p+1/b9-8+. The van der Waals surface area contributed by atoms with Crippen LogP contribution in [0.4, 0.5) is 0 Å². The summed E-state index contributed by atoms with van der Waals surface area (Å²) in [5, 5.41) is 17.3. The normalized spacial score (nSPS) is 14.3. The van der Waals surface area contributed by atoms with E-state index in [4.69, 9.17) is 10.2 Å². The van der Waals surface area contributed by atoms with Crippen molar-refractivity contribution in [2.24, 2.45) is 0 Å². The zero-order chi connectivity index (χ0) is 14.3. The van der Waals surface area contributed by atoms with Crippen LogP contribution in [0.3, 0.4) is 0 Å². The molecule has 0 aliphatic rings. The molecule has 0 fully saturated rings. The summed E-state index contributed by atoms with van der Waals surface area (Å²) in [7, 11) is 4.12. The van der Waals surface area contributed by atoms with Crippen molar-refractivity contribution in [1.82, 2.24) is 0 Å². The number of hydrogen-bond donors (Lipinski definition) is 2. The average Bonchev–Trinajstić information content (AvgIpc) is 2.19. The topological polar surface area (TPSA) is 91.7 Å². The van der Waals surface area contributed by atoms with Gasteiger partial charge in [0.1, 0.15) is 0 Å². The number of nitrogens with zero attached hydrogens (tertiary/aromatic N) is 1. The van der Waals surface area contributed by atoms with Crippen molar-refractivity contribution in [3.63, 3.8) is 0 Å². The number of carboxylic acids is 2. The van der Waals surface area contributed by atoms with Gasteiger partial charge in [0.25, 0.3) is 0 Å². The van der Waals surface area contributed by atoms with E-state index in [1.807, 2.05) is 21.1 Å². The Morgan fingerprint density at radius 3 is 2.11 bits per heavy atom. The van der Waals surface area contributed by atoms with Gasteiger partial charge in [0.15, 0.2) is 0 Å². The van der Waals surface area contributed by atoms with Crippen molar-refractivity contribution in [3.8, 4) is 0 Å². The van der Waals surface area contributed by atoms with Gasteiger partial charge in [-0.05, 0) is 6.42 Å². The first kappa shape index (κ1) is 16.9. The van der Waals surface area contributed by atoms with Gasteiger partial charge in [0, 0.05) is 24.0 Å². The molecule has 1 atom stereocenters. The van der Waals surface area contributed by atoms with Crippen LogP contribution < -0.4 is 0 Å². The SMILES string of the molecule is C[N+](C)(C)CC[PH](=O)CC/C(=C\C(=O)O)C(=O)O. The highest BCUT2D eigenvalue weighted by Gasteiger charge is 2.13. The van der Waals surface area contributed by atoms with E-state index in [-0.39, 0.29) is 18.2 Å². The molecule has 0 aromatic heterocycles. The minimum absolute atomic E-state index is 0.0383. The summed E-state index contributed by atoms with van der Waals surface area (Å²) in [5.74, 6) is -2.56. The molecule has 6 nitrogen and oxygen atoms in total. The molecule has 1 unspecified atom stereocenters. The van der Waals surface area contributed by atoms with Gasteiger partial charge < -0.3 is 19.3 Å². The van der Waals surface area contributed by atoms with Crippen molar-refractivity contribution in [1.29, 1.82) is 0 Å². The van der Waals surface area contributed by atoms with E-state index < -0.39 is 19.7 Å². The summed E-state index contributed by atoms with van der Waals surface area (Å²) in [6.07, 6.45) is 1.50. The van der Waals surface area contributed by atoms with Crippen molar-refractivity contribution < 1.29 is 28.9 Å². The summed E-state index contributed by atoms with van der Waals surface area (Å²) in [6.45, 7) is 0.753. The zero-order valence-electron chi connectivity index (χ0n) is 11.0. The van der Waals surface area contributed by atoms with E-state index >= 15 is 0 Å². The molecule has 0 rings (SSSR count). The Morgan fingerprint density at radius 1 is 1.17 bits per heavy atom. The molecule has 0 spiro atoms. The van der Waals surface area contributed by atoms with Crippen molar-refractivity contribution in [2.45, 2.75) is 6.42 Å². The molecule has 0 saturated carbocycles. The Morgan fingerprint density at radius 2 is 1.72 bits per heavy atom. The highest BCUT2D eigenvalue weighted by molar-refractivity contribution is 7.44. The lowest BCUT2D eigenvalue weighted by atomic mass is 10.2. The number of rotatable bonds is 8. The van der Waals surface area contributed by atoms with Crippen LogP contribution in [0.1, 0.15) is 6.42 Å². The van der Waals surface area contributed by atoms with Gasteiger partial charge in [0.2, 0.25) is 0 Å². The molecule has 0 radical (unpaired) electrons. The van der Waals surface area contributed by atoms with Crippen LogP contribution in [-0.4, -0.2) is 66.6 Å². The largest absolute Gasteiger partial charge is 0.478 e. The van der Waals surface area contributed by atoms with Crippen LogP contribution in [0.2, 0.25) is 0 Å². The Kier molecular flexibility index (Phi) is 6.88. The van der Waals surface area contributed by atoms with Gasteiger partial charge in [-0.3, -0.25) is 0 Å². The third-order valence-electron chi connectivity index (χ3n) is 2.31. The Balaban J connectivity index is 4.25. The van der Waals surface area contributed by atoms with Crippen LogP contribution in [-0.2, 0) is 14.2 Å². The zero-order valence-corrected chi connectivity index (χ0v) is 12.0. The second-order valence-electron chi connectivity index (χ2n) is 5.12. The Bertz CT molecular complexity index is 370. The number of carboxylic acid groups (broad SMARTS) is 2. The van der Waals surface area contributed by atoms with Crippen LogP contribution in [0.5, 0.6) is 0 Å². The maximum Gasteiger partial charge on any atom is 0.331 e. The van der Waals surface area contributed by atoms with Crippen LogP contribution in [0.15, 0.2) is 11.6 Å². The predicted octanol–water partition coefficient (Wildman–Crippen LogP) is 0.738. The smallest absolute Gasteiger partial charge is 0.331 e. The van der Waals surface area contributed by atoms with Crippen molar-refractivity contribution in [3.05, 3.63) is 11.6 Å². The van der Waals surface area contributed by atoms with Gasteiger partial charge in [-0.1, -0.05) is 0 Å². The first-order valence-corrected chi connectivity index (χ1v) is 7.43. The molecule has 0 aromatic carbocycles. The van der Waals surface area contributed by atoms with E-state index in [1.165, 1.54) is 0 Å². The molecule has 18 heavy (non-hydrogen) atoms. The number of hydrogen-bond acceptors (Lipinski definition) is 3. The summed E-state index contributed by atoms with van der Waals surface area (Å²) in [4.78, 5) is 21.1. The highest BCUT2D eigenvalue weighted by atomic mass is 31.1. The second kappa shape index (κ2) is 7.34. The minimum atomic E-state index is -1.85. The van der Waals surface area contributed by atoms with Crippen molar-refractivity contribution >= 4 is 19.7 Å². The van der Waals surface area contributed by atoms with Crippen LogP contribution >= 0.6 is 7.80 Å². The van der Waals surface area contributed by atoms with Gasteiger partial charge >= 0.3 is 11.9 Å². The van der Waals surface area contributed by atoms with Gasteiger partial charge in [0.05, 0.1) is 35.5 Å². The molecule has 0 bridgehead atoms. The summed E-state index contributed by atoms with van der Waals surface area (Å²) >= 11 is 0. The molecular formula is C11H21NO5P+. The van der Waals surface area contributed by atoms with Gasteiger partial charge in [-0.25, -0.2) is 9.59 Å². The van der Waals surface area contributed by atoms with Gasteiger partial charge in [-0.2, -0.15) is 0 Å². The lowest BCUT2D eigenvalue weighted by Gasteiger charge is -2.23. The monoisotopic (exact) mass is 278 g/mol. The third kappa shape index (κ3) is 8.96. The molecule has 0 aliphatic heterocycles. The molecule has 0 aromatic rings. The fraction of sp³-hybridized carbons (Fsp3) is 0.636. The fourth-order valence-corrected chi connectivity index (χ4v) is 2.97. The molecule has 0 aliphatic carbocycles. The summed E-state index contributed by atoms with van der Waals surface area (Å²) < 4.78 is 12.4. The molecular weight excluding hydrogens is 257 g/mol. The maximum atomic E-state index is 11.7. The Labute approximate surface area is 107 Å². The second-order valence-corrected chi connectivity index (χ2v) is 7.19. The highest BCUT2D eigenvalue weighted by Crippen LogP contribution is 2.23. The maximum absolute atomic E-state index is 11.7. The molecule has 0 amide bonds. The average molecular weight is 278 g/mol. The van der Waals surface area contributed by atoms with Crippen molar-refractivity contribution in [2.75, 3.05) is 40.0 Å². The lowest BCUT2D eigenvalue weighted by Crippen LogP contribution is -2.36. The molecule has 0 heterocycles. The molecule has 0 saturated heterocycles.